The first-order valence-corrected chi connectivity index (χ1v) is 11.1. The highest BCUT2D eigenvalue weighted by Crippen LogP contribution is 2.13. The lowest BCUT2D eigenvalue weighted by Crippen LogP contribution is -2.31. The first-order chi connectivity index (χ1) is 10.9. The molecule has 0 spiro atoms. The van der Waals surface area contributed by atoms with Crippen LogP contribution in [-0.2, 0) is 20.2 Å². The van der Waals surface area contributed by atoms with Crippen molar-refractivity contribution in [1.29, 1.82) is 0 Å². The van der Waals surface area contributed by atoms with Crippen LogP contribution in [-0.4, -0.2) is 59.4 Å². The summed E-state index contributed by atoms with van der Waals surface area (Å²) in [6.07, 6.45) is 3.03. The van der Waals surface area contributed by atoms with Gasteiger partial charge in [0.1, 0.15) is 5.25 Å². The molecule has 24 heavy (non-hydrogen) atoms. The SMILES string of the molecule is CCCCC(C(C)O)S(=O)(=O)O.CCCCC(CCO)S(=O)(=O)O. The zero-order valence-corrected chi connectivity index (χ0v) is 16.3. The Morgan fingerprint density at radius 2 is 1.29 bits per heavy atom. The maximum absolute atomic E-state index is 10.7. The summed E-state index contributed by atoms with van der Waals surface area (Å²) in [5.41, 5.74) is 0. The molecule has 3 unspecified atom stereocenters. The minimum Gasteiger partial charge on any atom is -0.396 e. The molecule has 0 heterocycles. The Kier molecular flexibility index (Phi) is 14.1. The van der Waals surface area contributed by atoms with E-state index in [1.807, 2.05) is 13.8 Å². The Morgan fingerprint density at radius 1 is 0.833 bits per heavy atom. The molecule has 0 aliphatic heterocycles. The molecule has 10 heteroatoms. The maximum Gasteiger partial charge on any atom is 0.270 e. The first kappa shape index (κ1) is 26.0. The van der Waals surface area contributed by atoms with Gasteiger partial charge in [0.05, 0.1) is 11.4 Å². The van der Waals surface area contributed by atoms with Crippen LogP contribution in [0.1, 0.15) is 65.7 Å². The Labute approximate surface area is 145 Å². The lowest BCUT2D eigenvalue weighted by atomic mass is 10.1. The zero-order valence-electron chi connectivity index (χ0n) is 14.6. The Bertz CT molecular complexity index is 499. The van der Waals surface area contributed by atoms with Gasteiger partial charge in [0.15, 0.2) is 0 Å². The van der Waals surface area contributed by atoms with E-state index < -0.39 is 36.8 Å². The second-order valence-electron chi connectivity index (χ2n) is 5.73. The molecule has 4 N–H and O–H groups in total. The minimum absolute atomic E-state index is 0.124. The Morgan fingerprint density at radius 3 is 1.58 bits per heavy atom. The lowest BCUT2D eigenvalue weighted by molar-refractivity contribution is 0.179. The van der Waals surface area contributed by atoms with E-state index in [1.165, 1.54) is 6.92 Å². The molecule has 0 bridgehead atoms. The normalized spacial score (nSPS) is 16.0. The molecular weight excluding hydrogens is 360 g/mol. The number of rotatable bonds is 11. The van der Waals surface area contributed by atoms with Crippen molar-refractivity contribution in [1.82, 2.24) is 0 Å². The van der Waals surface area contributed by atoms with Crippen molar-refractivity contribution in [2.75, 3.05) is 6.61 Å². The second kappa shape index (κ2) is 13.0. The summed E-state index contributed by atoms with van der Waals surface area (Å²) in [7, 11) is -8.05. The third-order valence-corrected chi connectivity index (χ3v) is 6.22. The monoisotopic (exact) mass is 392 g/mol. The number of aliphatic hydroxyl groups is 2. The number of unbranched alkanes of at least 4 members (excludes halogenated alkanes) is 2. The van der Waals surface area contributed by atoms with Crippen LogP contribution in [0.5, 0.6) is 0 Å². The van der Waals surface area contributed by atoms with Crippen LogP contribution < -0.4 is 0 Å². The van der Waals surface area contributed by atoms with Crippen molar-refractivity contribution in [3.8, 4) is 0 Å². The van der Waals surface area contributed by atoms with Crippen LogP contribution in [0.4, 0.5) is 0 Å². The number of hydrogen-bond acceptors (Lipinski definition) is 6. The molecule has 0 aromatic carbocycles. The molecule has 0 fully saturated rings. The molecule has 8 nitrogen and oxygen atoms in total. The molecule has 0 aliphatic rings. The van der Waals surface area contributed by atoms with Gasteiger partial charge in [-0.05, 0) is 26.2 Å². The fraction of sp³-hybridized carbons (Fsp3) is 1.00. The van der Waals surface area contributed by atoms with E-state index >= 15 is 0 Å². The molecule has 0 aromatic heterocycles. The molecule has 148 valence electrons. The van der Waals surface area contributed by atoms with Gasteiger partial charge in [0.2, 0.25) is 0 Å². The van der Waals surface area contributed by atoms with Crippen LogP contribution >= 0.6 is 0 Å². The maximum atomic E-state index is 10.7. The highest BCUT2D eigenvalue weighted by molar-refractivity contribution is 7.86. The van der Waals surface area contributed by atoms with Crippen molar-refractivity contribution in [2.45, 2.75) is 82.3 Å². The highest BCUT2D eigenvalue weighted by atomic mass is 32.2. The quantitative estimate of drug-likeness (QED) is 0.388. The average Bonchev–Trinajstić information content (AvgIpc) is 2.41. The fourth-order valence-corrected chi connectivity index (χ4v) is 3.89. The van der Waals surface area contributed by atoms with E-state index in [0.29, 0.717) is 19.3 Å². The molecular formula is C14H32O8S2. The van der Waals surface area contributed by atoms with Gasteiger partial charge < -0.3 is 10.2 Å². The standard InChI is InChI=1S/2C7H16O4S/c1-3-4-5-7(6(2)8)12(9,10)11;1-2-3-4-7(5-6-8)12(9,10)11/h6-8H,3-5H2,1-2H3,(H,9,10,11);7-8H,2-6H2,1H3,(H,9,10,11). The second-order valence-corrected chi connectivity index (χ2v) is 9.06. The van der Waals surface area contributed by atoms with Gasteiger partial charge in [-0.1, -0.05) is 39.5 Å². The van der Waals surface area contributed by atoms with E-state index in [-0.39, 0.29) is 13.0 Å². The summed E-state index contributed by atoms with van der Waals surface area (Å²) in [6.45, 7) is 5.03. The van der Waals surface area contributed by atoms with Crippen LogP contribution in [0.2, 0.25) is 0 Å². The molecule has 0 aromatic rings. The van der Waals surface area contributed by atoms with Gasteiger partial charge in [0, 0.05) is 6.61 Å². The summed E-state index contributed by atoms with van der Waals surface area (Å²) in [5.74, 6) is 0. The highest BCUT2D eigenvalue weighted by Gasteiger charge is 2.27. The van der Waals surface area contributed by atoms with E-state index in [9.17, 15) is 16.8 Å². The first-order valence-electron chi connectivity index (χ1n) is 8.13. The predicted molar refractivity (Wildman–Crippen MR) is 93.1 cm³/mol. The average molecular weight is 393 g/mol. The van der Waals surface area contributed by atoms with E-state index in [4.69, 9.17) is 19.3 Å². The van der Waals surface area contributed by atoms with Crippen molar-refractivity contribution in [3.63, 3.8) is 0 Å². The van der Waals surface area contributed by atoms with E-state index in [0.717, 1.165) is 19.3 Å². The third kappa shape index (κ3) is 13.1. The summed E-state index contributed by atoms with van der Waals surface area (Å²) >= 11 is 0. The van der Waals surface area contributed by atoms with Crippen LogP contribution in [0, 0.1) is 0 Å². The largest absolute Gasteiger partial charge is 0.396 e. The van der Waals surface area contributed by atoms with Crippen LogP contribution in [0.15, 0.2) is 0 Å². The van der Waals surface area contributed by atoms with Crippen molar-refractivity contribution in [2.24, 2.45) is 0 Å². The molecule has 0 saturated heterocycles. The summed E-state index contributed by atoms with van der Waals surface area (Å²) < 4.78 is 60.1. The minimum atomic E-state index is -4.09. The molecule has 0 radical (unpaired) electrons. The third-order valence-electron chi connectivity index (χ3n) is 3.51. The lowest BCUT2D eigenvalue weighted by Gasteiger charge is -2.15. The smallest absolute Gasteiger partial charge is 0.270 e. The summed E-state index contributed by atoms with van der Waals surface area (Å²) in [6, 6.07) is 0. The Hall–Kier alpha value is -0.260. The number of hydrogen-bond donors (Lipinski definition) is 4. The molecule has 3 atom stereocenters. The van der Waals surface area contributed by atoms with Gasteiger partial charge in [-0.15, -0.1) is 0 Å². The van der Waals surface area contributed by atoms with Gasteiger partial charge in [-0.25, -0.2) is 0 Å². The van der Waals surface area contributed by atoms with Gasteiger partial charge in [0.25, 0.3) is 20.2 Å². The van der Waals surface area contributed by atoms with Crippen LogP contribution in [0.25, 0.3) is 0 Å². The van der Waals surface area contributed by atoms with Crippen molar-refractivity contribution >= 4 is 20.2 Å². The van der Waals surface area contributed by atoms with Crippen molar-refractivity contribution in [3.05, 3.63) is 0 Å². The summed E-state index contributed by atoms with van der Waals surface area (Å²) in [4.78, 5) is 0. The summed E-state index contributed by atoms with van der Waals surface area (Å²) in [5, 5.41) is 15.7. The molecule has 0 rings (SSSR count). The topological polar surface area (TPSA) is 149 Å². The van der Waals surface area contributed by atoms with Gasteiger partial charge in [-0.2, -0.15) is 16.8 Å². The van der Waals surface area contributed by atoms with Gasteiger partial charge >= 0.3 is 0 Å². The van der Waals surface area contributed by atoms with Crippen molar-refractivity contribution < 1.29 is 36.2 Å². The predicted octanol–water partition coefficient (Wildman–Crippen LogP) is 1.63. The Balaban J connectivity index is 0. The molecule has 0 amide bonds. The fourth-order valence-electron chi connectivity index (χ4n) is 2.06. The van der Waals surface area contributed by atoms with E-state index in [2.05, 4.69) is 0 Å². The number of aliphatic hydroxyl groups excluding tert-OH is 2. The van der Waals surface area contributed by atoms with Crippen LogP contribution in [0.3, 0.4) is 0 Å². The zero-order chi connectivity index (χ0) is 19.4. The molecule has 0 saturated carbocycles. The van der Waals surface area contributed by atoms with Gasteiger partial charge in [-0.3, -0.25) is 9.11 Å². The van der Waals surface area contributed by atoms with E-state index in [1.54, 1.807) is 0 Å². The molecule has 0 aliphatic carbocycles.